The number of hydrogen-bond donors (Lipinski definition) is 0. The summed E-state index contributed by atoms with van der Waals surface area (Å²) in [6.07, 6.45) is 0. The fourth-order valence-electron chi connectivity index (χ4n) is 3.33. The first kappa shape index (κ1) is 20.5. The fraction of sp³-hybridized carbons (Fsp3) is 0.136. The van der Waals surface area contributed by atoms with Gasteiger partial charge in [-0.2, -0.15) is 0 Å². The molecule has 0 aliphatic carbocycles. The first-order valence-corrected chi connectivity index (χ1v) is 9.99. The zero-order chi connectivity index (χ0) is 18.0. The first-order valence-electron chi connectivity index (χ1n) is 8.28. The summed E-state index contributed by atoms with van der Waals surface area (Å²) in [6.45, 7) is 5.82. The standard InChI is InChI=1S/C22H21O2P.Li.H/c1-16-14-17(2)21(18(3)15-16)22(23)25(24,19-10-6-4-7-11-19)20-12-8-5-9-13-20;;/h4-15H,1-3H3;;/q;+1;-1. The van der Waals surface area contributed by atoms with E-state index >= 15 is 0 Å². The molecule has 2 nitrogen and oxygen atoms in total. The van der Waals surface area contributed by atoms with Crippen LogP contribution in [0.4, 0.5) is 0 Å². The number of carbonyl (C=O) groups is 1. The van der Waals surface area contributed by atoms with Crippen LogP contribution in [-0.4, -0.2) is 5.52 Å². The molecule has 3 rings (SSSR count). The van der Waals surface area contributed by atoms with Crippen molar-refractivity contribution in [3.05, 3.63) is 95.1 Å². The number of benzene rings is 3. The Morgan fingerprint density at radius 2 is 1.15 bits per heavy atom. The summed E-state index contributed by atoms with van der Waals surface area (Å²) < 4.78 is 14.2. The van der Waals surface area contributed by atoms with Gasteiger partial charge in [0.1, 0.15) is 0 Å². The maximum atomic E-state index is 14.2. The summed E-state index contributed by atoms with van der Waals surface area (Å²) >= 11 is 0. The van der Waals surface area contributed by atoms with E-state index in [1.54, 1.807) is 24.3 Å². The molecule has 0 aliphatic heterocycles. The van der Waals surface area contributed by atoms with Gasteiger partial charge in [-0.25, -0.2) is 0 Å². The molecule has 0 radical (unpaired) electrons. The average Bonchev–Trinajstić information content (AvgIpc) is 2.61. The second-order valence-electron chi connectivity index (χ2n) is 6.36. The summed E-state index contributed by atoms with van der Waals surface area (Å²) in [5.41, 5.74) is 3.12. The van der Waals surface area contributed by atoms with Crippen molar-refractivity contribution in [3.63, 3.8) is 0 Å². The van der Waals surface area contributed by atoms with Crippen LogP contribution in [0.5, 0.6) is 0 Å². The van der Waals surface area contributed by atoms with E-state index in [-0.39, 0.29) is 25.8 Å². The molecule has 4 heteroatoms. The van der Waals surface area contributed by atoms with Crippen LogP contribution in [0.1, 0.15) is 28.5 Å². The Bertz CT molecular complexity index is 906. The minimum atomic E-state index is -3.44. The van der Waals surface area contributed by atoms with Crippen molar-refractivity contribution in [2.75, 3.05) is 0 Å². The molecule has 0 atom stereocenters. The van der Waals surface area contributed by atoms with Crippen molar-refractivity contribution in [3.8, 4) is 0 Å². The van der Waals surface area contributed by atoms with E-state index < -0.39 is 7.14 Å². The maximum absolute atomic E-state index is 14.2. The largest absolute Gasteiger partial charge is 1.00 e. The Morgan fingerprint density at radius 3 is 1.54 bits per heavy atom. The third-order valence-electron chi connectivity index (χ3n) is 4.42. The molecule has 0 aromatic heterocycles. The first-order chi connectivity index (χ1) is 11.9. The second-order valence-corrected chi connectivity index (χ2v) is 9.02. The van der Waals surface area contributed by atoms with Gasteiger partial charge in [-0.15, -0.1) is 0 Å². The number of carbonyl (C=O) groups excluding carboxylic acids is 1. The van der Waals surface area contributed by atoms with Crippen LogP contribution < -0.4 is 29.5 Å². The molecule has 0 heterocycles. The van der Waals surface area contributed by atoms with Gasteiger partial charge in [-0.1, -0.05) is 78.4 Å². The van der Waals surface area contributed by atoms with Gasteiger partial charge < -0.3 is 5.99 Å². The normalized spacial score (nSPS) is 10.9. The zero-order valence-electron chi connectivity index (χ0n) is 16.7. The van der Waals surface area contributed by atoms with Crippen molar-refractivity contribution in [1.82, 2.24) is 0 Å². The van der Waals surface area contributed by atoms with Gasteiger partial charge in [0, 0.05) is 16.2 Å². The summed E-state index contributed by atoms with van der Waals surface area (Å²) in [5, 5.41) is 1.15. The molecule has 128 valence electrons. The van der Waals surface area contributed by atoms with Crippen LogP contribution in [0.3, 0.4) is 0 Å². The molecule has 0 fully saturated rings. The van der Waals surface area contributed by atoms with Crippen molar-refractivity contribution in [2.24, 2.45) is 0 Å². The zero-order valence-corrected chi connectivity index (χ0v) is 16.6. The minimum Gasteiger partial charge on any atom is -1.00 e. The van der Waals surface area contributed by atoms with Crippen LogP contribution in [-0.2, 0) is 4.57 Å². The molecule has 0 N–H and O–H groups in total. The van der Waals surface area contributed by atoms with Crippen molar-refractivity contribution in [2.45, 2.75) is 20.8 Å². The number of hydrogen-bond acceptors (Lipinski definition) is 2. The van der Waals surface area contributed by atoms with Crippen molar-refractivity contribution in [1.29, 1.82) is 0 Å². The Labute approximate surface area is 168 Å². The van der Waals surface area contributed by atoms with E-state index in [4.69, 9.17) is 0 Å². The predicted molar refractivity (Wildman–Crippen MR) is 106 cm³/mol. The molecule has 3 aromatic rings. The van der Waals surface area contributed by atoms with Crippen LogP contribution in [0.15, 0.2) is 72.8 Å². The molecule has 0 unspecified atom stereocenters. The smallest absolute Gasteiger partial charge is 1.00 e. The van der Waals surface area contributed by atoms with E-state index in [2.05, 4.69) is 0 Å². The van der Waals surface area contributed by atoms with Crippen LogP contribution in [0.2, 0.25) is 0 Å². The van der Waals surface area contributed by atoms with Crippen LogP contribution >= 0.6 is 7.14 Å². The topological polar surface area (TPSA) is 34.1 Å². The summed E-state index contributed by atoms with van der Waals surface area (Å²) in [5.74, 6) is 0. The maximum Gasteiger partial charge on any atom is 1.00 e. The molecule has 0 saturated carbocycles. The van der Waals surface area contributed by atoms with E-state index in [9.17, 15) is 9.36 Å². The van der Waals surface area contributed by atoms with E-state index in [0.717, 1.165) is 16.7 Å². The third-order valence-corrected chi connectivity index (χ3v) is 7.26. The Kier molecular flexibility index (Phi) is 6.48. The quantitative estimate of drug-likeness (QED) is 0.528. The van der Waals surface area contributed by atoms with Gasteiger partial charge in [-0.05, 0) is 31.9 Å². The van der Waals surface area contributed by atoms with E-state index in [0.29, 0.717) is 16.2 Å². The third kappa shape index (κ3) is 3.65. The summed E-state index contributed by atoms with van der Waals surface area (Å²) in [4.78, 5) is 13.6. The second kappa shape index (κ2) is 8.23. The number of aryl methyl sites for hydroxylation is 3. The van der Waals surface area contributed by atoms with Gasteiger partial charge in [0.2, 0.25) is 12.7 Å². The molecule has 0 aliphatic rings. The Morgan fingerprint density at radius 1 is 0.769 bits per heavy atom. The SMILES string of the molecule is Cc1cc(C)c(C(=O)P(=O)(c2ccccc2)c2ccccc2)c(C)c1.[H-].[Li+]. The Balaban J connectivity index is 0.00000182. The Hall–Kier alpha value is -1.84. The molecular formula is C22H22LiO2P. The van der Waals surface area contributed by atoms with Crippen LogP contribution in [0.25, 0.3) is 0 Å². The minimum absolute atomic E-state index is 0. The summed E-state index contributed by atoms with van der Waals surface area (Å²) in [6, 6.07) is 22.1. The molecule has 0 saturated heterocycles. The van der Waals surface area contributed by atoms with Gasteiger partial charge in [0.05, 0.1) is 0 Å². The van der Waals surface area contributed by atoms with Gasteiger partial charge in [0.15, 0.2) is 0 Å². The molecule has 0 spiro atoms. The van der Waals surface area contributed by atoms with Gasteiger partial charge >= 0.3 is 18.9 Å². The van der Waals surface area contributed by atoms with Crippen molar-refractivity contribution >= 4 is 23.3 Å². The van der Waals surface area contributed by atoms with Crippen LogP contribution in [0, 0.1) is 20.8 Å². The molecule has 0 amide bonds. The van der Waals surface area contributed by atoms with E-state index in [1.807, 2.05) is 69.3 Å². The van der Waals surface area contributed by atoms with Crippen molar-refractivity contribution < 1.29 is 29.6 Å². The summed E-state index contributed by atoms with van der Waals surface area (Å²) in [7, 11) is -3.44. The van der Waals surface area contributed by atoms with Gasteiger partial charge in [-0.3, -0.25) is 4.79 Å². The number of rotatable bonds is 4. The van der Waals surface area contributed by atoms with E-state index in [1.165, 1.54) is 0 Å². The monoisotopic (exact) mass is 356 g/mol. The predicted octanol–water partition coefficient (Wildman–Crippen LogP) is 1.88. The van der Waals surface area contributed by atoms with Gasteiger partial charge in [0.25, 0.3) is 0 Å². The fourth-order valence-corrected chi connectivity index (χ4v) is 5.95. The average molecular weight is 356 g/mol. The molecule has 3 aromatic carbocycles. The molecule has 0 bridgehead atoms. The molecular weight excluding hydrogens is 334 g/mol. The molecule has 26 heavy (non-hydrogen) atoms.